The van der Waals surface area contributed by atoms with Crippen molar-refractivity contribution in [2.24, 2.45) is 7.05 Å². The van der Waals surface area contributed by atoms with Crippen LogP contribution in [0.2, 0.25) is 5.02 Å². The third-order valence-corrected chi connectivity index (χ3v) is 4.87. The van der Waals surface area contributed by atoms with Gasteiger partial charge in [0.15, 0.2) is 0 Å². The molecular formula is C15H16ClN3O4S. The molecule has 0 saturated heterocycles. The number of sulfonamides is 1. The molecule has 2 N–H and O–H groups in total. The van der Waals surface area contributed by atoms with E-state index in [-0.39, 0.29) is 29.1 Å². The van der Waals surface area contributed by atoms with Gasteiger partial charge in [-0.05, 0) is 24.3 Å². The van der Waals surface area contributed by atoms with Gasteiger partial charge < -0.3 is 9.88 Å². The highest BCUT2D eigenvalue weighted by molar-refractivity contribution is 7.89. The second-order valence-electron chi connectivity index (χ2n) is 4.98. The molecule has 0 fully saturated rings. The lowest BCUT2D eigenvalue weighted by atomic mass is 10.2. The summed E-state index contributed by atoms with van der Waals surface area (Å²) in [6, 6.07) is 8.59. The van der Waals surface area contributed by atoms with Crippen molar-refractivity contribution in [3.05, 3.63) is 63.5 Å². The molecule has 0 saturated carbocycles. The Kier molecular flexibility index (Phi) is 5.76. The zero-order chi connectivity index (χ0) is 17.7. The van der Waals surface area contributed by atoms with Crippen LogP contribution in [-0.2, 0) is 17.1 Å². The molecule has 2 rings (SSSR count). The number of rotatable bonds is 6. The number of carbonyl (C=O) groups is 1. The summed E-state index contributed by atoms with van der Waals surface area (Å²) in [5.74, 6) is -0.449. The number of aryl methyl sites for hydroxylation is 1. The lowest BCUT2D eigenvalue weighted by molar-refractivity contribution is 0.0954. The topological polar surface area (TPSA) is 97.3 Å². The van der Waals surface area contributed by atoms with Crippen molar-refractivity contribution in [3.8, 4) is 0 Å². The minimum atomic E-state index is -3.70. The summed E-state index contributed by atoms with van der Waals surface area (Å²) >= 11 is 5.77. The van der Waals surface area contributed by atoms with Gasteiger partial charge in [-0.3, -0.25) is 9.59 Å². The Morgan fingerprint density at radius 2 is 1.96 bits per heavy atom. The van der Waals surface area contributed by atoms with E-state index in [9.17, 15) is 18.0 Å². The zero-order valence-corrected chi connectivity index (χ0v) is 14.4. The lowest BCUT2D eigenvalue weighted by Crippen LogP contribution is -2.35. The first kappa shape index (κ1) is 18.2. The van der Waals surface area contributed by atoms with Gasteiger partial charge in [-0.2, -0.15) is 0 Å². The monoisotopic (exact) mass is 369 g/mol. The van der Waals surface area contributed by atoms with E-state index < -0.39 is 15.9 Å². The number of nitrogens with zero attached hydrogens (tertiary/aromatic N) is 1. The maximum atomic E-state index is 12.1. The van der Waals surface area contributed by atoms with E-state index >= 15 is 0 Å². The summed E-state index contributed by atoms with van der Waals surface area (Å²) < 4.78 is 27.8. The maximum absolute atomic E-state index is 12.1. The molecule has 0 bridgehead atoms. The molecule has 0 radical (unpaired) electrons. The first-order valence-corrected chi connectivity index (χ1v) is 8.86. The molecule has 0 aliphatic heterocycles. The van der Waals surface area contributed by atoms with Gasteiger partial charge in [-0.15, -0.1) is 0 Å². The standard InChI is InChI=1S/C15H16ClN3O4S/c1-19-8-5-11(9-14(19)20)15(21)17-6-7-18-24(22,23)13-4-2-3-12(16)10-13/h2-5,8-10,18H,6-7H2,1H3,(H,17,21). The normalized spacial score (nSPS) is 11.2. The predicted octanol–water partition coefficient (Wildman–Crippen LogP) is 0.747. The smallest absolute Gasteiger partial charge is 0.251 e. The van der Waals surface area contributed by atoms with Crippen LogP contribution < -0.4 is 15.6 Å². The molecule has 2 aromatic rings. The van der Waals surface area contributed by atoms with Gasteiger partial charge in [-0.25, -0.2) is 13.1 Å². The highest BCUT2D eigenvalue weighted by Crippen LogP contribution is 2.14. The molecule has 0 aliphatic carbocycles. The number of benzene rings is 1. The minimum Gasteiger partial charge on any atom is -0.351 e. The lowest BCUT2D eigenvalue weighted by Gasteiger charge is -2.08. The fourth-order valence-electron chi connectivity index (χ4n) is 1.87. The van der Waals surface area contributed by atoms with Crippen LogP contribution in [0.25, 0.3) is 0 Å². The molecule has 1 aromatic carbocycles. The van der Waals surface area contributed by atoms with Crippen LogP contribution in [0.15, 0.2) is 52.3 Å². The Labute approximate surface area is 144 Å². The van der Waals surface area contributed by atoms with Crippen LogP contribution >= 0.6 is 11.6 Å². The molecule has 1 heterocycles. The summed E-state index contributed by atoms with van der Waals surface area (Å²) in [6.45, 7) is 0.0826. The van der Waals surface area contributed by atoms with E-state index in [0.29, 0.717) is 5.02 Å². The first-order chi connectivity index (χ1) is 11.3. The van der Waals surface area contributed by atoms with Crippen molar-refractivity contribution in [2.75, 3.05) is 13.1 Å². The fourth-order valence-corrected chi connectivity index (χ4v) is 3.20. The molecule has 1 aromatic heterocycles. The molecule has 0 spiro atoms. The number of pyridine rings is 1. The molecule has 24 heavy (non-hydrogen) atoms. The number of hydrogen-bond acceptors (Lipinski definition) is 4. The molecule has 9 heteroatoms. The third-order valence-electron chi connectivity index (χ3n) is 3.18. The Bertz CT molecular complexity index is 909. The van der Waals surface area contributed by atoms with E-state index in [2.05, 4.69) is 10.0 Å². The number of aromatic nitrogens is 1. The third kappa shape index (κ3) is 4.67. The summed E-state index contributed by atoms with van der Waals surface area (Å²) in [5.41, 5.74) is -0.0832. The number of nitrogens with one attached hydrogen (secondary N) is 2. The molecule has 128 valence electrons. The summed E-state index contributed by atoms with van der Waals surface area (Å²) in [5, 5.41) is 2.86. The van der Waals surface area contributed by atoms with Crippen molar-refractivity contribution in [3.63, 3.8) is 0 Å². The largest absolute Gasteiger partial charge is 0.351 e. The second kappa shape index (κ2) is 7.61. The summed E-state index contributed by atoms with van der Waals surface area (Å²) in [4.78, 5) is 23.4. The van der Waals surface area contributed by atoms with Crippen molar-refractivity contribution in [2.45, 2.75) is 4.90 Å². The Morgan fingerprint density at radius 3 is 2.62 bits per heavy atom. The van der Waals surface area contributed by atoms with Gasteiger partial charge in [0.25, 0.3) is 11.5 Å². The van der Waals surface area contributed by atoms with Gasteiger partial charge in [0.1, 0.15) is 0 Å². The highest BCUT2D eigenvalue weighted by atomic mass is 35.5. The van der Waals surface area contributed by atoms with Crippen LogP contribution in [0.5, 0.6) is 0 Å². The quantitative estimate of drug-likeness (QED) is 0.734. The molecule has 0 atom stereocenters. The number of carbonyl (C=O) groups excluding carboxylic acids is 1. The van der Waals surface area contributed by atoms with E-state index in [1.54, 1.807) is 13.1 Å². The zero-order valence-electron chi connectivity index (χ0n) is 12.8. The van der Waals surface area contributed by atoms with E-state index in [1.807, 2.05) is 0 Å². The number of amides is 1. The maximum Gasteiger partial charge on any atom is 0.251 e. The Morgan fingerprint density at radius 1 is 1.21 bits per heavy atom. The van der Waals surface area contributed by atoms with Crippen molar-refractivity contribution in [1.82, 2.24) is 14.6 Å². The van der Waals surface area contributed by atoms with Crippen LogP contribution in [0.1, 0.15) is 10.4 Å². The molecule has 0 unspecified atom stereocenters. The average Bonchev–Trinajstić information content (AvgIpc) is 2.54. The first-order valence-electron chi connectivity index (χ1n) is 7.00. The Balaban J connectivity index is 1.89. The SMILES string of the molecule is Cn1ccc(C(=O)NCCNS(=O)(=O)c2cccc(Cl)c2)cc1=O. The van der Waals surface area contributed by atoms with Crippen LogP contribution in [0.4, 0.5) is 0 Å². The summed E-state index contributed by atoms with van der Waals surface area (Å²) in [6.07, 6.45) is 1.49. The predicted molar refractivity (Wildman–Crippen MR) is 90.7 cm³/mol. The summed E-state index contributed by atoms with van der Waals surface area (Å²) in [7, 11) is -2.12. The minimum absolute atomic E-state index is 0.00539. The van der Waals surface area contributed by atoms with Crippen LogP contribution in [0.3, 0.4) is 0 Å². The van der Waals surface area contributed by atoms with E-state index in [0.717, 1.165) is 0 Å². The fraction of sp³-hybridized carbons (Fsp3) is 0.200. The van der Waals surface area contributed by atoms with Crippen molar-refractivity contribution in [1.29, 1.82) is 0 Å². The molecule has 7 nitrogen and oxygen atoms in total. The van der Waals surface area contributed by atoms with Crippen LogP contribution in [-0.4, -0.2) is 32.0 Å². The van der Waals surface area contributed by atoms with E-state index in [1.165, 1.54) is 41.1 Å². The average molecular weight is 370 g/mol. The van der Waals surface area contributed by atoms with Gasteiger partial charge >= 0.3 is 0 Å². The Hall–Kier alpha value is -2.16. The van der Waals surface area contributed by atoms with Gasteiger partial charge in [0.05, 0.1) is 4.90 Å². The highest BCUT2D eigenvalue weighted by Gasteiger charge is 2.14. The molecule has 1 amide bonds. The van der Waals surface area contributed by atoms with Gasteiger partial charge in [0, 0.05) is 43.0 Å². The second-order valence-corrected chi connectivity index (χ2v) is 7.18. The molecule has 0 aliphatic rings. The number of halogens is 1. The van der Waals surface area contributed by atoms with Crippen LogP contribution in [0, 0.1) is 0 Å². The van der Waals surface area contributed by atoms with Crippen molar-refractivity contribution >= 4 is 27.5 Å². The molecular weight excluding hydrogens is 354 g/mol. The van der Waals surface area contributed by atoms with Crippen molar-refractivity contribution < 1.29 is 13.2 Å². The van der Waals surface area contributed by atoms with Gasteiger partial charge in [0.2, 0.25) is 10.0 Å². The van der Waals surface area contributed by atoms with Gasteiger partial charge in [-0.1, -0.05) is 17.7 Å². The number of hydrogen-bond donors (Lipinski definition) is 2. The van der Waals surface area contributed by atoms with E-state index in [4.69, 9.17) is 11.6 Å².